The molecule has 1 aromatic rings. The molecule has 0 radical (unpaired) electrons. The third-order valence-corrected chi connectivity index (χ3v) is 4.45. The fourth-order valence-electron chi connectivity index (χ4n) is 3.24. The van der Waals surface area contributed by atoms with E-state index in [-0.39, 0.29) is 6.42 Å². The Bertz CT molecular complexity index is 845. The van der Waals surface area contributed by atoms with Crippen LogP contribution in [0.15, 0.2) is 42.7 Å². The third-order valence-electron chi connectivity index (χ3n) is 4.45. The number of carbonyl (C=O) groups excluding carboxylic acids is 3. The number of nitrogens with zero attached hydrogens (tertiary/aromatic N) is 2. The summed E-state index contributed by atoms with van der Waals surface area (Å²) in [4.78, 5) is 51.7. The van der Waals surface area contributed by atoms with Crippen LogP contribution in [0.4, 0.5) is 4.79 Å². The molecule has 0 aliphatic carbocycles. The van der Waals surface area contributed by atoms with E-state index in [1.54, 1.807) is 51.1 Å². The molecule has 9 heteroatoms. The van der Waals surface area contributed by atoms with Gasteiger partial charge in [-0.05, 0) is 26.3 Å². The molecule has 0 aromatic heterocycles. The van der Waals surface area contributed by atoms with E-state index < -0.39 is 48.0 Å². The van der Waals surface area contributed by atoms with Crippen molar-refractivity contribution < 1.29 is 33.8 Å². The van der Waals surface area contributed by atoms with Gasteiger partial charge in [-0.1, -0.05) is 30.3 Å². The quantitative estimate of drug-likeness (QED) is 0.704. The van der Waals surface area contributed by atoms with Gasteiger partial charge in [0.1, 0.15) is 17.7 Å². The van der Waals surface area contributed by atoms with Crippen LogP contribution in [0.25, 0.3) is 0 Å². The maximum absolute atomic E-state index is 13.5. The van der Waals surface area contributed by atoms with Crippen LogP contribution in [-0.4, -0.2) is 63.6 Å². The summed E-state index contributed by atoms with van der Waals surface area (Å²) >= 11 is 0. The van der Waals surface area contributed by atoms with E-state index >= 15 is 0 Å². The van der Waals surface area contributed by atoms with Crippen molar-refractivity contribution in [1.82, 2.24) is 9.80 Å². The Hall–Kier alpha value is -3.36. The lowest BCUT2D eigenvalue weighted by Crippen LogP contribution is -2.63. The number of ether oxygens (including phenoxy) is 2. The summed E-state index contributed by atoms with van der Waals surface area (Å²) in [6, 6.07) is 8.72. The molecule has 0 spiro atoms. The van der Waals surface area contributed by atoms with Crippen molar-refractivity contribution in [3.8, 4) is 0 Å². The number of amides is 2. The molecular formula is C21H26N2O7. The van der Waals surface area contributed by atoms with E-state index in [1.807, 2.05) is 0 Å². The Morgan fingerprint density at radius 1 is 1.07 bits per heavy atom. The third kappa shape index (κ3) is 5.37. The van der Waals surface area contributed by atoms with Gasteiger partial charge in [0.05, 0.1) is 13.5 Å². The van der Waals surface area contributed by atoms with Crippen LogP contribution in [0.2, 0.25) is 0 Å². The van der Waals surface area contributed by atoms with Crippen molar-refractivity contribution in [2.24, 2.45) is 0 Å². The van der Waals surface area contributed by atoms with Gasteiger partial charge >= 0.3 is 18.0 Å². The van der Waals surface area contributed by atoms with Crippen LogP contribution < -0.4 is 0 Å². The first-order valence-corrected chi connectivity index (χ1v) is 9.33. The van der Waals surface area contributed by atoms with Gasteiger partial charge in [0.2, 0.25) is 0 Å². The summed E-state index contributed by atoms with van der Waals surface area (Å²) in [5.41, 5.74) is -1.91. The Balaban J connectivity index is 2.47. The van der Waals surface area contributed by atoms with Gasteiger partial charge in [-0.15, -0.1) is 0 Å². The topological polar surface area (TPSA) is 113 Å². The van der Waals surface area contributed by atoms with E-state index in [1.165, 1.54) is 12.4 Å². The molecule has 1 aliphatic heterocycles. The van der Waals surface area contributed by atoms with Crippen LogP contribution in [0.1, 0.15) is 32.8 Å². The number of methoxy groups -OCH3 is 1. The van der Waals surface area contributed by atoms with Crippen molar-refractivity contribution in [2.45, 2.75) is 44.8 Å². The summed E-state index contributed by atoms with van der Waals surface area (Å²) < 4.78 is 9.99. The molecule has 2 rings (SSSR count). The second-order valence-electron chi connectivity index (χ2n) is 7.92. The molecule has 0 saturated heterocycles. The van der Waals surface area contributed by atoms with E-state index in [9.17, 15) is 24.3 Å². The van der Waals surface area contributed by atoms with Crippen molar-refractivity contribution in [1.29, 1.82) is 0 Å². The Morgan fingerprint density at radius 2 is 1.70 bits per heavy atom. The summed E-state index contributed by atoms with van der Waals surface area (Å²) in [5, 5.41) is 9.74. The van der Waals surface area contributed by atoms with Gasteiger partial charge < -0.3 is 19.5 Å². The zero-order valence-electron chi connectivity index (χ0n) is 17.5. The number of esters is 2. The molecule has 0 fully saturated rings. The normalized spacial score (nSPS) is 18.9. The first-order valence-electron chi connectivity index (χ1n) is 9.33. The molecule has 1 N–H and O–H groups in total. The van der Waals surface area contributed by atoms with Gasteiger partial charge in [-0.2, -0.15) is 0 Å². The molecule has 30 heavy (non-hydrogen) atoms. The molecule has 162 valence electrons. The minimum Gasteiger partial charge on any atom is -0.469 e. The molecular weight excluding hydrogens is 392 g/mol. The van der Waals surface area contributed by atoms with Crippen LogP contribution in [0.5, 0.6) is 0 Å². The number of benzene rings is 1. The lowest BCUT2D eigenvalue weighted by Gasteiger charge is -2.44. The largest absolute Gasteiger partial charge is 0.469 e. The zero-order chi connectivity index (χ0) is 22.5. The minimum absolute atomic E-state index is 0.0801. The second kappa shape index (κ2) is 8.98. The summed E-state index contributed by atoms with van der Waals surface area (Å²) in [6.45, 7) is 4.67. The van der Waals surface area contributed by atoms with E-state index in [2.05, 4.69) is 0 Å². The molecule has 9 nitrogen and oxygen atoms in total. The Kier molecular flexibility index (Phi) is 6.86. The first kappa shape index (κ1) is 22.9. The van der Waals surface area contributed by atoms with Crippen molar-refractivity contribution >= 4 is 23.9 Å². The van der Waals surface area contributed by atoms with Crippen molar-refractivity contribution in [2.75, 3.05) is 13.7 Å². The van der Waals surface area contributed by atoms with Crippen LogP contribution in [0.3, 0.4) is 0 Å². The van der Waals surface area contributed by atoms with E-state index in [0.717, 1.165) is 16.9 Å². The summed E-state index contributed by atoms with van der Waals surface area (Å²) in [5.74, 6) is -2.12. The average molecular weight is 418 g/mol. The number of carboxylic acid groups (broad SMARTS) is 1. The van der Waals surface area contributed by atoms with Gasteiger partial charge in [0, 0.05) is 18.8 Å². The van der Waals surface area contributed by atoms with Gasteiger partial charge in [-0.25, -0.2) is 4.79 Å². The van der Waals surface area contributed by atoms with E-state index in [0.29, 0.717) is 5.56 Å². The molecule has 0 bridgehead atoms. The zero-order valence-corrected chi connectivity index (χ0v) is 17.5. The molecule has 0 saturated carbocycles. The smallest absolute Gasteiger partial charge is 0.412 e. The van der Waals surface area contributed by atoms with Gasteiger partial charge in [0.15, 0.2) is 0 Å². The maximum atomic E-state index is 13.5. The highest BCUT2D eigenvalue weighted by Gasteiger charge is 2.52. The highest BCUT2D eigenvalue weighted by Crippen LogP contribution is 2.32. The number of carbonyl (C=O) groups is 4. The number of rotatable bonds is 6. The Labute approximate surface area is 174 Å². The summed E-state index contributed by atoms with van der Waals surface area (Å²) in [6.07, 6.45) is 0.361. The maximum Gasteiger partial charge on any atom is 0.412 e. The number of hydrogen-bond donors (Lipinski definition) is 1. The summed E-state index contributed by atoms with van der Waals surface area (Å²) in [7, 11) is 1.16. The standard InChI is InChI=1S/C21H26N2O7/c1-20(2,3)30-17(25)14-22-10-11-23(19(27)28)21(18(22)26,13-16(24)29-4)12-15-8-6-5-7-9-15/h5-11H,12-14H2,1-4H3,(H,27,28)/t21-/m0/s1. The Morgan fingerprint density at radius 3 is 2.23 bits per heavy atom. The fourth-order valence-corrected chi connectivity index (χ4v) is 3.24. The lowest BCUT2D eigenvalue weighted by molar-refractivity contribution is -0.161. The first-order chi connectivity index (χ1) is 14.0. The minimum atomic E-state index is -1.81. The van der Waals surface area contributed by atoms with Crippen LogP contribution in [0, 0.1) is 0 Å². The predicted molar refractivity (Wildman–Crippen MR) is 106 cm³/mol. The van der Waals surface area contributed by atoms with Crippen molar-refractivity contribution in [3.63, 3.8) is 0 Å². The number of hydrogen-bond acceptors (Lipinski definition) is 6. The molecule has 2 amide bonds. The van der Waals surface area contributed by atoms with Gasteiger partial charge in [0.25, 0.3) is 5.91 Å². The van der Waals surface area contributed by atoms with E-state index in [4.69, 9.17) is 9.47 Å². The second-order valence-corrected chi connectivity index (χ2v) is 7.92. The average Bonchev–Trinajstić information content (AvgIpc) is 2.64. The van der Waals surface area contributed by atoms with Gasteiger partial charge in [-0.3, -0.25) is 19.3 Å². The van der Waals surface area contributed by atoms with Crippen LogP contribution >= 0.6 is 0 Å². The highest BCUT2D eigenvalue weighted by molar-refractivity contribution is 5.97. The van der Waals surface area contributed by atoms with Crippen molar-refractivity contribution in [3.05, 3.63) is 48.3 Å². The molecule has 1 aromatic carbocycles. The van der Waals surface area contributed by atoms with Crippen LogP contribution in [-0.2, 0) is 30.3 Å². The highest BCUT2D eigenvalue weighted by atomic mass is 16.6. The monoisotopic (exact) mass is 418 g/mol. The lowest BCUT2D eigenvalue weighted by atomic mass is 9.83. The fraction of sp³-hybridized carbons (Fsp3) is 0.429. The molecule has 1 atom stereocenters. The molecule has 1 heterocycles. The predicted octanol–water partition coefficient (Wildman–Crippen LogP) is 2.17. The SMILES string of the molecule is COC(=O)C[C@@]1(Cc2ccccc2)C(=O)N(CC(=O)OC(C)(C)C)C=CN1C(=O)O. The molecule has 0 unspecified atom stereocenters. The molecule has 1 aliphatic rings.